The van der Waals surface area contributed by atoms with Gasteiger partial charge in [-0.3, -0.25) is 4.90 Å². The molecule has 0 saturated carbocycles. The highest BCUT2D eigenvalue weighted by Crippen LogP contribution is 2.28. The minimum Gasteiger partial charge on any atom is -0.393 e. The van der Waals surface area contributed by atoms with E-state index in [0.29, 0.717) is 18.0 Å². The second-order valence-corrected chi connectivity index (χ2v) is 8.05. The van der Waals surface area contributed by atoms with Crippen molar-refractivity contribution >= 4 is 27.0 Å². The monoisotopic (exact) mass is 312 g/mol. The van der Waals surface area contributed by atoms with Crippen molar-refractivity contribution < 1.29 is 8.42 Å². The molecule has 0 spiro atoms. The molecule has 1 aliphatic rings. The van der Waals surface area contributed by atoms with Gasteiger partial charge in [0.15, 0.2) is 9.84 Å². The Labute approximate surface area is 125 Å². The summed E-state index contributed by atoms with van der Waals surface area (Å²) >= 11 is 5.06. The van der Waals surface area contributed by atoms with Crippen LogP contribution in [0.3, 0.4) is 0 Å². The molecule has 20 heavy (non-hydrogen) atoms. The summed E-state index contributed by atoms with van der Waals surface area (Å²) in [6.07, 6.45) is 0.573. The lowest BCUT2D eigenvalue weighted by molar-refractivity contribution is 0.161. The van der Waals surface area contributed by atoms with Gasteiger partial charge in [-0.2, -0.15) is 0 Å². The van der Waals surface area contributed by atoms with Crippen LogP contribution in [0.1, 0.15) is 24.9 Å². The average Bonchev–Trinajstić information content (AvgIpc) is 2.36. The average molecular weight is 312 g/mol. The molecule has 0 aliphatic carbocycles. The number of rotatable bonds is 4. The maximum atomic E-state index is 11.7. The molecule has 110 valence electrons. The standard InChI is InChI=1S/C14H20N2O2S2/c1-11-10-20(17,18)8-7-16(11)13(9-14(15)19)12-5-3-2-4-6-12/h2-6,11,13H,7-10H2,1H3,(H2,15,19). The Morgan fingerprint density at radius 2 is 2.10 bits per heavy atom. The molecule has 0 aromatic heterocycles. The SMILES string of the molecule is CC1CS(=O)(=O)CCN1C(CC(N)=S)c1ccccc1. The van der Waals surface area contributed by atoms with Crippen molar-refractivity contribution in [3.63, 3.8) is 0 Å². The normalized spacial score (nSPS) is 24.1. The summed E-state index contributed by atoms with van der Waals surface area (Å²) in [5.74, 6) is 0.408. The molecule has 0 amide bonds. The number of nitrogens with zero attached hydrogens (tertiary/aromatic N) is 1. The Morgan fingerprint density at radius 3 is 2.65 bits per heavy atom. The van der Waals surface area contributed by atoms with Crippen molar-refractivity contribution in [2.24, 2.45) is 5.73 Å². The zero-order valence-corrected chi connectivity index (χ0v) is 13.2. The molecule has 1 aliphatic heterocycles. The molecule has 0 radical (unpaired) electrons. The van der Waals surface area contributed by atoms with Gasteiger partial charge in [0.05, 0.1) is 16.5 Å². The van der Waals surface area contributed by atoms with Gasteiger partial charge in [0.25, 0.3) is 0 Å². The van der Waals surface area contributed by atoms with E-state index in [-0.39, 0.29) is 23.6 Å². The van der Waals surface area contributed by atoms with Gasteiger partial charge in [0, 0.05) is 25.0 Å². The minimum atomic E-state index is -2.91. The predicted molar refractivity (Wildman–Crippen MR) is 85.4 cm³/mol. The molecule has 1 aromatic rings. The van der Waals surface area contributed by atoms with Gasteiger partial charge < -0.3 is 5.73 Å². The molecule has 2 rings (SSSR count). The first-order valence-corrected chi connectivity index (χ1v) is 8.91. The number of sulfone groups is 1. The highest BCUT2D eigenvalue weighted by atomic mass is 32.2. The van der Waals surface area contributed by atoms with E-state index in [1.165, 1.54) is 0 Å². The van der Waals surface area contributed by atoms with Crippen LogP contribution >= 0.6 is 12.2 Å². The van der Waals surface area contributed by atoms with Crippen molar-refractivity contribution in [2.75, 3.05) is 18.1 Å². The van der Waals surface area contributed by atoms with E-state index in [0.717, 1.165) is 5.56 Å². The molecule has 0 bridgehead atoms. The van der Waals surface area contributed by atoms with Gasteiger partial charge in [-0.15, -0.1) is 0 Å². The van der Waals surface area contributed by atoms with Gasteiger partial charge in [-0.25, -0.2) is 8.42 Å². The second kappa shape index (κ2) is 6.20. The van der Waals surface area contributed by atoms with Crippen LogP contribution in [0.4, 0.5) is 0 Å². The first-order chi connectivity index (χ1) is 9.39. The zero-order valence-electron chi connectivity index (χ0n) is 11.5. The number of hydrogen-bond donors (Lipinski definition) is 1. The van der Waals surface area contributed by atoms with E-state index in [2.05, 4.69) is 4.90 Å². The summed E-state index contributed by atoms with van der Waals surface area (Å²) in [5, 5.41) is 0. The number of nitrogens with two attached hydrogens (primary N) is 1. The largest absolute Gasteiger partial charge is 0.393 e. The van der Waals surface area contributed by atoms with Gasteiger partial charge >= 0.3 is 0 Å². The fourth-order valence-corrected chi connectivity index (χ4v) is 4.51. The summed E-state index contributed by atoms with van der Waals surface area (Å²) in [6, 6.07) is 10.0. The van der Waals surface area contributed by atoms with E-state index in [9.17, 15) is 8.42 Å². The van der Waals surface area contributed by atoms with E-state index >= 15 is 0 Å². The van der Waals surface area contributed by atoms with E-state index in [1.54, 1.807) is 0 Å². The van der Waals surface area contributed by atoms with Crippen LogP contribution in [0.15, 0.2) is 30.3 Å². The molecular weight excluding hydrogens is 292 g/mol. The van der Waals surface area contributed by atoms with Gasteiger partial charge in [0.1, 0.15) is 0 Å². The molecule has 1 fully saturated rings. The van der Waals surface area contributed by atoms with Gasteiger partial charge in [0.2, 0.25) is 0 Å². The Morgan fingerprint density at radius 1 is 1.45 bits per heavy atom. The maximum absolute atomic E-state index is 11.7. The minimum absolute atomic E-state index is 0.0201. The highest BCUT2D eigenvalue weighted by Gasteiger charge is 2.33. The Balaban J connectivity index is 2.26. The molecule has 2 atom stereocenters. The van der Waals surface area contributed by atoms with Crippen LogP contribution in [0.25, 0.3) is 0 Å². The fourth-order valence-electron chi connectivity index (χ4n) is 2.77. The van der Waals surface area contributed by atoms with E-state index in [1.807, 2.05) is 37.3 Å². The first-order valence-electron chi connectivity index (χ1n) is 6.68. The highest BCUT2D eigenvalue weighted by molar-refractivity contribution is 7.91. The lowest BCUT2D eigenvalue weighted by Crippen LogP contribution is -2.49. The Kier molecular flexibility index (Phi) is 4.78. The summed E-state index contributed by atoms with van der Waals surface area (Å²) in [7, 11) is -2.91. The van der Waals surface area contributed by atoms with Crippen LogP contribution in [0.5, 0.6) is 0 Å². The Bertz CT molecular complexity index is 572. The van der Waals surface area contributed by atoms with Crippen molar-refractivity contribution in [3.05, 3.63) is 35.9 Å². The first kappa shape index (κ1) is 15.4. The molecule has 6 heteroatoms. The van der Waals surface area contributed by atoms with Crippen LogP contribution in [-0.4, -0.2) is 42.4 Å². The Hall–Kier alpha value is -0.980. The van der Waals surface area contributed by atoms with Crippen molar-refractivity contribution in [3.8, 4) is 0 Å². The van der Waals surface area contributed by atoms with E-state index < -0.39 is 9.84 Å². The van der Waals surface area contributed by atoms with E-state index in [4.69, 9.17) is 18.0 Å². The molecule has 2 unspecified atom stereocenters. The number of benzene rings is 1. The summed E-state index contributed by atoms with van der Waals surface area (Å²) < 4.78 is 23.4. The molecule has 1 saturated heterocycles. The zero-order chi connectivity index (χ0) is 14.8. The lowest BCUT2D eigenvalue weighted by Gasteiger charge is -2.39. The third kappa shape index (κ3) is 3.77. The number of hydrogen-bond acceptors (Lipinski definition) is 4. The van der Waals surface area contributed by atoms with Crippen molar-refractivity contribution in [1.82, 2.24) is 4.90 Å². The lowest BCUT2D eigenvalue weighted by atomic mass is 10.0. The van der Waals surface area contributed by atoms with Crippen LogP contribution in [-0.2, 0) is 9.84 Å². The summed E-state index contributed by atoms with van der Waals surface area (Å²) in [4.78, 5) is 2.66. The quantitative estimate of drug-likeness (QED) is 0.854. The number of thiocarbonyl (C=S) groups is 1. The molecule has 1 heterocycles. The van der Waals surface area contributed by atoms with Crippen molar-refractivity contribution in [1.29, 1.82) is 0 Å². The van der Waals surface area contributed by atoms with Crippen LogP contribution in [0.2, 0.25) is 0 Å². The summed E-state index contributed by atoms with van der Waals surface area (Å²) in [5.41, 5.74) is 6.85. The van der Waals surface area contributed by atoms with Crippen molar-refractivity contribution in [2.45, 2.75) is 25.4 Å². The molecule has 2 N–H and O–H groups in total. The van der Waals surface area contributed by atoms with Crippen LogP contribution < -0.4 is 5.73 Å². The molecular formula is C14H20N2O2S2. The summed E-state index contributed by atoms with van der Waals surface area (Å²) in [6.45, 7) is 2.48. The van der Waals surface area contributed by atoms with Gasteiger partial charge in [-0.05, 0) is 12.5 Å². The molecule has 4 nitrogen and oxygen atoms in total. The van der Waals surface area contributed by atoms with Crippen LogP contribution in [0, 0.1) is 0 Å². The third-order valence-electron chi connectivity index (χ3n) is 3.70. The fraction of sp³-hybridized carbons (Fsp3) is 0.500. The second-order valence-electron chi connectivity index (χ2n) is 5.30. The smallest absolute Gasteiger partial charge is 0.153 e. The predicted octanol–water partition coefficient (Wildman–Crippen LogP) is 1.52. The van der Waals surface area contributed by atoms with Gasteiger partial charge in [-0.1, -0.05) is 42.5 Å². The maximum Gasteiger partial charge on any atom is 0.153 e. The molecule has 1 aromatic carbocycles. The topological polar surface area (TPSA) is 63.4 Å². The third-order valence-corrected chi connectivity index (χ3v) is 5.66.